The van der Waals surface area contributed by atoms with E-state index in [9.17, 15) is 14.0 Å². The molecule has 2 rings (SSSR count). The van der Waals surface area contributed by atoms with E-state index in [-0.39, 0.29) is 47.7 Å². The normalized spacial score (nSPS) is 16.5. The van der Waals surface area contributed by atoms with E-state index >= 15 is 0 Å². The van der Waals surface area contributed by atoms with Crippen LogP contribution in [-0.4, -0.2) is 24.8 Å². The van der Waals surface area contributed by atoms with Gasteiger partial charge in [-0.25, -0.2) is 9.38 Å². The Labute approximate surface area is 191 Å². The van der Waals surface area contributed by atoms with E-state index in [4.69, 9.17) is 10.5 Å². The Bertz CT molecular complexity index is 811. The Morgan fingerprint density at radius 2 is 1.94 bits per heavy atom. The molecule has 32 heavy (non-hydrogen) atoms. The van der Waals surface area contributed by atoms with Gasteiger partial charge < -0.3 is 15.8 Å². The molecule has 0 spiro atoms. The van der Waals surface area contributed by atoms with Crippen molar-refractivity contribution in [1.29, 1.82) is 0 Å². The molecule has 0 heterocycles. The Kier molecular flexibility index (Phi) is 9.66. The second-order valence-electron chi connectivity index (χ2n) is 10.1. The highest BCUT2D eigenvalue weighted by atomic mass is 19.1. The number of nitrogens with one attached hydrogen (secondary N) is 1. The lowest BCUT2D eigenvalue weighted by Gasteiger charge is -2.26. The van der Waals surface area contributed by atoms with Crippen molar-refractivity contribution in [1.82, 2.24) is 5.32 Å². The molecule has 1 aromatic rings. The largest absolute Gasteiger partial charge is 0.494 e. The predicted octanol–water partition coefficient (Wildman–Crippen LogP) is 4.75. The molecule has 0 saturated heterocycles. The molecule has 0 bridgehead atoms. The van der Waals surface area contributed by atoms with Crippen LogP contribution in [0.15, 0.2) is 23.2 Å². The summed E-state index contributed by atoms with van der Waals surface area (Å²) in [5.41, 5.74) is 6.66. The van der Waals surface area contributed by atoms with E-state index in [0.29, 0.717) is 12.3 Å². The lowest BCUT2D eigenvalue weighted by Crippen LogP contribution is -2.35. The molecule has 178 valence electrons. The Morgan fingerprint density at radius 3 is 2.56 bits per heavy atom. The fourth-order valence-electron chi connectivity index (χ4n) is 4.21. The topological polar surface area (TPSA) is 93.8 Å². The number of nitrogens with zero attached hydrogens (tertiary/aromatic N) is 1. The number of ether oxygens (including phenoxy) is 1. The third-order valence-corrected chi connectivity index (χ3v) is 5.80. The van der Waals surface area contributed by atoms with Crippen LogP contribution in [-0.2, 0) is 16.1 Å². The van der Waals surface area contributed by atoms with Crippen LogP contribution in [0.3, 0.4) is 0 Å². The summed E-state index contributed by atoms with van der Waals surface area (Å²) in [7, 11) is 1.41. The van der Waals surface area contributed by atoms with Crippen molar-refractivity contribution in [2.75, 3.05) is 7.11 Å². The highest BCUT2D eigenvalue weighted by Gasteiger charge is 2.26. The fraction of sp³-hybridized carbons (Fsp3) is 0.640. The summed E-state index contributed by atoms with van der Waals surface area (Å²) in [5, 5.41) is 2.94. The molecular weight excluding hydrogens is 409 g/mol. The van der Waals surface area contributed by atoms with Crippen molar-refractivity contribution in [2.24, 2.45) is 28.0 Å². The minimum Gasteiger partial charge on any atom is -0.494 e. The number of carbonyl (C=O) groups is 2. The van der Waals surface area contributed by atoms with Gasteiger partial charge in [0.1, 0.15) is 5.84 Å². The van der Waals surface area contributed by atoms with E-state index in [0.717, 1.165) is 24.8 Å². The number of hydrogen-bond acceptors (Lipinski definition) is 3. The first-order valence-electron chi connectivity index (χ1n) is 11.5. The minimum atomic E-state index is -0.443. The van der Waals surface area contributed by atoms with Gasteiger partial charge in [-0.3, -0.25) is 9.59 Å². The molecular formula is C25H38FN3O3. The van der Waals surface area contributed by atoms with Crippen molar-refractivity contribution < 1.29 is 18.7 Å². The predicted molar refractivity (Wildman–Crippen MR) is 125 cm³/mol. The van der Waals surface area contributed by atoms with Crippen molar-refractivity contribution in [3.8, 4) is 5.75 Å². The standard InChI is InChI=1S/C25H38FN3O3/c1-25(2,3)15-23(30)29-22(27)14-19(12-17-8-6-5-7-9-17)24(31)28-16-18-10-11-20(26)21(13-18)32-4/h10-11,13,17,19H,5-9,12,14-16H2,1-4H3,(H,28,31)(H2,27,29,30)/t19-/m0/s1. The van der Waals surface area contributed by atoms with E-state index < -0.39 is 5.82 Å². The number of amidine groups is 1. The summed E-state index contributed by atoms with van der Waals surface area (Å²) in [4.78, 5) is 29.3. The van der Waals surface area contributed by atoms with Crippen LogP contribution in [0.5, 0.6) is 5.75 Å². The summed E-state index contributed by atoms with van der Waals surface area (Å²) in [6.07, 6.45) is 7.11. The van der Waals surface area contributed by atoms with E-state index in [1.165, 1.54) is 32.4 Å². The van der Waals surface area contributed by atoms with E-state index in [1.807, 2.05) is 20.8 Å². The van der Waals surface area contributed by atoms with Crippen LogP contribution >= 0.6 is 0 Å². The van der Waals surface area contributed by atoms with Crippen LogP contribution in [0, 0.1) is 23.1 Å². The maximum atomic E-state index is 13.6. The number of halogens is 1. The molecule has 0 aliphatic heterocycles. The zero-order valence-corrected chi connectivity index (χ0v) is 19.9. The maximum Gasteiger partial charge on any atom is 0.247 e. The number of benzene rings is 1. The highest BCUT2D eigenvalue weighted by Crippen LogP contribution is 2.30. The first-order valence-corrected chi connectivity index (χ1v) is 11.5. The average Bonchev–Trinajstić information content (AvgIpc) is 2.71. The number of hydrogen-bond donors (Lipinski definition) is 2. The van der Waals surface area contributed by atoms with Gasteiger partial charge in [-0.15, -0.1) is 0 Å². The number of nitrogens with two attached hydrogens (primary N) is 1. The minimum absolute atomic E-state index is 0.125. The molecule has 1 atom stereocenters. The molecule has 1 saturated carbocycles. The summed E-state index contributed by atoms with van der Waals surface area (Å²) >= 11 is 0. The number of methoxy groups -OCH3 is 1. The maximum absolute atomic E-state index is 13.6. The quantitative estimate of drug-likeness (QED) is 0.422. The number of carbonyl (C=O) groups excluding carboxylic acids is 2. The van der Waals surface area contributed by atoms with E-state index in [1.54, 1.807) is 12.1 Å². The second-order valence-corrected chi connectivity index (χ2v) is 10.1. The zero-order valence-electron chi connectivity index (χ0n) is 19.9. The van der Waals surface area contributed by atoms with Crippen LogP contribution in [0.4, 0.5) is 4.39 Å². The summed E-state index contributed by atoms with van der Waals surface area (Å²) in [5.74, 6) is -0.356. The van der Waals surface area contributed by atoms with Crippen LogP contribution in [0.25, 0.3) is 0 Å². The van der Waals surface area contributed by atoms with Crippen molar-refractivity contribution in [2.45, 2.75) is 78.7 Å². The van der Waals surface area contributed by atoms with Crippen LogP contribution in [0.2, 0.25) is 0 Å². The number of amides is 2. The number of aliphatic imine (C=N–C) groups is 1. The van der Waals surface area contributed by atoms with Crippen LogP contribution in [0.1, 0.15) is 77.7 Å². The zero-order chi connectivity index (χ0) is 23.7. The van der Waals surface area contributed by atoms with Gasteiger partial charge in [-0.05, 0) is 35.4 Å². The molecule has 7 heteroatoms. The monoisotopic (exact) mass is 447 g/mol. The summed E-state index contributed by atoms with van der Waals surface area (Å²) in [6, 6.07) is 4.52. The molecule has 1 aliphatic rings. The van der Waals surface area contributed by atoms with Crippen molar-refractivity contribution >= 4 is 17.6 Å². The molecule has 1 aliphatic carbocycles. The van der Waals surface area contributed by atoms with Gasteiger partial charge >= 0.3 is 0 Å². The smallest absolute Gasteiger partial charge is 0.247 e. The van der Waals surface area contributed by atoms with E-state index in [2.05, 4.69) is 10.3 Å². The third-order valence-electron chi connectivity index (χ3n) is 5.80. The van der Waals surface area contributed by atoms with Crippen molar-refractivity contribution in [3.05, 3.63) is 29.6 Å². The number of rotatable bonds is 9. The second kappa shape index (κ2) is 12.0. The average molecular weight is 448 g/mol. The molecule has 1 aromatic carbocycles. The van der Waals surface area contributed by atoms with Gasteiger partial charge in [0.15, 0.2) is 11.6 Å². The Morgan fingerprint density at radius 1 is 1.25 bits per heavy atom. The molecule has 0 radical (unpaired) electrons. The molecule has 2 amide bonds. The fourth-order valence-corrected chi connectivity index (χ4v) is 4.21. The van der Waals surface area contributed by atoms with Gasteiger partial charge in [0.05, 0.1) is 7.11 Å². The van der Waals surface area contributed by atoms with Gasteiger partial charge in [0.25, 0.3) is 0 Å². The third kappa shape index (κ3) is 8.97. The van der Waals surface area contributed by atoms with Gasteiger partial charge in [-0.1, -0.05) is 58.9 Å². The summed E-state index contributed by atoms with van der Waals surface area (Å²) < 4.78 is 18.7. The van der Waals surface area contributed by atoms with Crippen molar-refractivity contribution in [3.63, 3.8) is 0 Å². The first kappa shape index (κ1) is 25.8. The molecule has 3 N–H and O–H groups in total. The summed E-state index contributed by atoms with van der Waals surface area (Å²) in [6.45, 7) is 6.18. The lowest BCUT2D eigenvalue weighted by molar-refractivity contribution is -0.125. The Hall–Kier alpha value is -2.44. The van der Waals surface area contributed by atoms with Gasteiger partial charge in [-0.2, -0.15) is 0 Å². The molecule has 0 unspecified atom stereocenters. The Balaban J connectivity index is 2.05. The van der Waals surface area contributed by atoms with Gasteiger partial charge in [0.2, 0.25) is 11.8 Å². The van der Waals surface area contributed by atoms with Crippen LogP contribution < -0.4 is 15.8 Å². The molecule has 6 nitrogen and oxygen atoms in total. The first-order chi connectivity index (χ1) is 15.1. The van der Waals surface area contributed by atoms with Gasteiger partial charge in [0, 0.05) is 25.3 Å². The highest BCUT2D eigenvalue weighted by molar-refractivity contribution is 5.95. The molecule has 0 aromatic heterocycles. The SMILES string of the molecule is COc1cc(CNC(=O)[C@H](CC(N)=NC(=O)CC(C)(C)C)CC2CCCCC2)ccc1F. The molecule has 1 fully saturated rings. The lowest BCUT2D eigenvalue weighted by atomic mass is 9.81.